The van der Waals surface area contributed by atoms with Crippen molar-refractivity contribution >= 4 is 12.1 Å². The number of nitrogens with zero attached hydrogens (tertiary/aromatic N) is 3. The number of piperidine rings is 1. The second-order valence-corrected chi connectivity index (χ2v) is 7.12. The third kappa shape index (κ3) is 3.50. The number of carbonyl (C=O) groups is 2. The normalized spacial score (nSPS) is 31.9. The van der Waals surface area contributed by atoms with E-state index in [1.807, 2.05) is 0 Å². The summed E-state index contributed by atoms with van der Waals surface area (Å²) in [6, 6.07) is -0.294. The fraction of sp³-hybridized carbons (Fsp3) is 0.875. The van der Waals surface area contributed by atoms with Gasteiger partial charge in [-0.25, -0.2) is 4.79 Å². The van der Waals surface area contributed by atoms with E-state index in [0.717, 1.165) is 39.0 Å². The highest BCUT2D eigenvalue weighted by molar-refractivity contribution is 5.73. The molecule has 3 unspecified atom stereocenters. The fourth-order valence-electron chi connectivity index (χ4n) is 4.12. The van der Waals surface area contributed by atoms with Crippen molar-refractivity contribution in [2.75, 3.05) is 46.3 Å². The number of piperazine rings is 1. The average Bonchev–Trinajstić information content (AvgIpc) is 2.93. The molecule has 0 radical (unpaired) electrons. The zero-order valence-electron chi connectivity index (χ0n) is 14.5. The lowest BCUT2D eigenvalue weighted by atomic mass is 9.87. The lowest BCUT2D eigenvalue weighted by Crippen LogP contribution is -2.62. The van der Waals surface area contributed by atoms with Gasteiger partial charge in [-0.1, -0.05) is 0 Å². The molecule has 0 aromatic rings. The molecule has 0 spiro atoms. The molecular formula is C16H28N4O4. The van der Waals surface area contributed by atoms with E-state index >= 15 is 0 Å². The van der Waals surface area contributed by atoms with Crippen LogP contribution < -0.4 is 5.32 Å². The van der Waals surface area contributed by atoms with Gasteiger partial charge in [0.2, 0.25) is 0 Å². The number of hydrogen-bond acceptors (Lipinski definition) is 6. The van der Waals surface area contributed by atoms with Gasteiger partial charge in [0.25, 0.3) is 0 Å². The van der Waals surface area contributed by atoms with Gasteiger partial charge >= 0.3 is 12.1 Å². The molecule has 8 nitrogen and oxygen atoms in total. The highest BCUT2D eigenvalue weighted by atomic mass is 16.6. The number of carbonyl (C=O) groups excluding carboxylic acids is 1. The third-order valence-electron chi connectivity index (χ3n) is 5.66. The number of ether oxygens (including phenoxy) is 1. The van der Waals surface area contributed by atoms with Crippen LogP contribution in [0.5, 0.6) is 0 Å². The smallest absolute Gasteiger partial charge is 0.411 e. The topological polar surface area (TPSA) is 85.4 Å². The number of hydrogen-bond donors (Lipinski definition) is 2. The second-order valence-electron chi connectivity index (χ2n) is 7.12. The molecule has 136 valence electrons. The van der Waals surface area contributed by atoms with Crippen LogP contribution in [0.3, 0.4) is 0 Å². The van der Waals surface area contributed by atoms with Crippen LogP contribution in [0, 0.1) is 5.92 Å². The Labute approximate surface area is 142 Å². The highest BCUT2D eigenvalue weighted by Crippen LogP contribution is 2.28. The van der Waals surface area contributed by atoms with Gasteiger partial charge in [-0.3, -0.25) is 14.6 Å². The Morgan fingerprint density at radius 1 is 1.29 bits per heavy atom. The van der Waals surface area contributed by atoms with E-state index < -0.39 is 12.0 Å². The number of carboxylic acids is 1. The van der Waals surface area contributed by atoms with Crippen LogP contribution in [0.25, 0.3) is 0 Å². The second kappa shape index (κ2) is 7.25. The summed E-state index contributed by atoms with van der Waals surface area (Å²) >= 11 is 0. The summed E-state index contributed by atoms with van der Waals surface area (Å²) in [5.74, 6) is -0.292. The van der Waals surface area contributed by atoms with Crippen LogP contribution in [-0.2, 0) is 9.53 Å². The van der Waals surface area contributed by atoms with E-state index in [1.165, 1.54) is 0 Å². The molecule has 3 rings (SSSR count). The molecule has 1 amide bonds. The molecule has 3 atom stereocenters. The van der Waals surface area contributed by atoms with Gasteiger partial charge in [0.1, 0.15) is 6.04 Å². The first kappa shape index (κ1) is 17.4. The predicted molar refractivity (Wildman–Crippen MR) is 87.7 cm³/mol. The zero-order valence-corrected chi connectivity index (χ0v) is 14.5. The van der Waals surface area contributed by atoms with Crippen molar-refractivity contribution in [3.05, 3.63) is 0 Å². The molecule has 8 heteroatoms. The first-order chi connectivity index (χ1) is 11.5. The number of cyclic esters (lactones) is 1. The minimum Gasteiger partial charge on any atom is -0.480 e. The maximum Gasteiger partial charge on any atom is 0.411 e. The van der Waals surface area contributed by atoms with Gasteiger partial charge in [0.05, 0.1) is 6.54 Å². The lowest BCUT2D eigenvalue weighted by molar-refractivity contribution is -0.146. The number of rotatable bonds is 4. The monoisotopic (exact) mass is 340 g/mol. The lowest BCUT2D eigenvalue weighted by Gasteiger charge is -2.48. The van der Waals surface area contributed by atoms with Gasteiger partial charge in [0, 0.05) is 32.7 Å². The fourth-order valence-corrected chi connectivity index (χ4v) is 4.12. The molecule has 0 aliphatic carbocycles. The van der Waals surface area contributed by atoms with E-state index in [9.17, 15) is 14.7 Å². The van der Waals surface area contributed by atoms with Crippen molar-refractivity contribution in [2.45, 2.75) is 38.1 Å². The predicted octanol–water partition coefficient (Wildman–Crippen LogP) is -0.147. The molecule has 3 saturated heterocycles. The van der Waals surface area contributed by atoms with Gasteiger partial charge in [0.15, 0.2) is 6.23 Å². The average molecular weight is 340 g/mol. The molecular weight excluding hydrogens is 312 g/mol. The van der Waals surface area contributed by atoms with Crippen molar-refractivity contribution in [1.82, 2.24) is 20.0 Å². The highest BCUT2D eigenvalue weighted by Gasteiger charge is 2.42. The summed E-state index contributed by atoms with van der Waals surface area (Å²) in [5, 5.41) is 12.8. The molecule has 3 aliphatic heterocycles. The maximum absolute atomic E-state index is 11.7. The summed E-state index contributed by atoms with van der Waals surface area (Å²) in [6.07, 6.45) is 1.63. The quantitative estimate of drug-likeness (QED) is 0.736. The van der Waals surface area contributed by atoms with E-state index in [0.29, 0.717) is 19.0 Å². The molecule has 3 heterocycles. The number of aliphatic carboxylic acids is 1. The SMILES string of the molecule is CC(C(=O)O)N1CCN(C2CN(C)C(=O)O2)CC1C1CCNCC1. The van der Waals surface area contributed by atoms with E-state index in [2.05, 4.69) is 15.1 Å². The zero-order chi connectivity index (χ0) is 17.3. The maximum atomic E-state index is 11.7. The Morgan fingerprint density at radius 2 is 2.00 bits per heavy atom. The Morgan fingerprint density at radius 3 is 2.58 bits per heavy atom. The Bertz CT molecular complexity index is 483. The van der Waals surface area contributed by atoms with Gasteiger partial charge < -0.3 is 20.1 Å². The van der Waals surface area contributed by atoms with Crippen molar-refractivity contribution in [2.24, 2.45) is 5.92 Å². The molecule has 0 aromatic carbocycles. The van der Waals surface area contributed by atoms with Crippen LogP contribution in [0.15, 0.2) is 0 Å². The Hall–Kier alpha value is -1.38. The molecule has 2 N–H and O–H groups in total. The van der Waals surface area contributed by atoms with E-state index in [1.54, 1.807) is 18.9 Å². The van der Waals surface area contributed by atoms with Crippen LogP contribution in [0.4, 0.5) is 4.79 Å². The van der Waals surface area contributed by atoms with E-state index in [4.69, 9.17) is 4.74 Å². The summed E-state index contributed by atoms with van der Waals surface area (Å²) < 4.78 is 5.46. The largest absolute Gasteiger partial charge is 0.480 e. The molecule has 3 fully saturated rings. The van der Waals surface area contributed by atoms with Crippen LogP contribution in [0.1, 0.15) is 19.8 Å². The number of amides is 1. The molecule has 3 aliphatic rings. The van der Waals surface area contributed by atoms with Gasteiger partial charge in [-0.2, -0.15) is 0 Å². The standard InChI is InChI=1S/C16H28N4O4/c1-11(15(21)22)20-8-7-19(14-10-18(2)16(23)24-14)9-13(20)12-3-5-17-6-4-12/h11-14,17H,3-10H2,1-2H3,(H,21,22). The van der Waals surface area contributed by atoms with Gasteiger partial charge in [-0.05, 0) is 38.8 Å². The number of nitrogens with one attached hydrogen (secondary N) is 1. The van der Waals surface area contributed by atoms with Crippen LogP contribution >= 0.6 is 0 Å². The summed E-state index contributed by atoms with van der Waals surface area (Å²) in [4.78, 5) is 29.1. The summed E-state index contributed by atoms with van der Waals surface area (Å²) in [7, 11) is 1.75. The van der Waals surface area contributed by atoms with E-state index in [-0.39, 0.29) is 18.4 Å². The molecule has 0 saturated carbocycles. The van der Waals surface area contributed by atoms with Crippen LogP contribution in [-0.4, -0.2) is 96.5 Å². The Balaban J connectivity index is 1.72. The van der Waals surface area contributed by atoms with Crippen LogP contribution in [0.2, 0.25) is 0 Å². The van der Waals surface area contributed by atoms with Crippen molar-refractivity contribution in [3.63, 3.8) is 0 Å². The Kier molecular flexibility index (Phi) is 5.27. The first-order valence-corrected chi connectivity index (χ1v) is 8.82. The minimum absolute atomic E-state index is 0.191. The number of carboxylic acid groups (broad SMARTS) is 1. The molecule has 24 heavy (non-hydrogen) atoms. The van der Waals surface area contributed by atoms with Crippen molar-refractivity contribution in [1.29, 1.82) is 0 Å². The third-order valence-corrected chi connectivity index (χ3v) is 5.66. The molecule has 0 bridgehead atoms. The van der Waals surface area contributed by atoms with Crippen molar-refractivity contribution < 1.29 is 19.4 Å². The van der Waals surface area contributed by atoms with Gasteiger partial charge in [-0.15, -0.1) is 0 Å². The number of likely N-dealkylation sites (N-methyl/N-ethyl adjacent to an activating group) is 1. The molecule has 0 aromatic heterocycles. The summed E-state index contributed by atoms with van der Waals surface area (Å²) in [5.41, 5.74) is 0. The summed E-state index contributed by atoms with van der Waals surface area (Å²) in [6.45, 7) is 6.50. The first-order valence-electron chi connectivity index (χ1n) is 8.82. The minimum atomic E-state index is -0.769. The van der Waals surface area contributed by atoms with Crippen molar-refractivity contribution in [3.8, 4) is 0 Å².